The zero-order valence-corrected chi connectivity index (χ0v) is 23.6. The predicted octanol–water partition coefficient (Wildman–Crippen LogP) is 5.40. The van der Waals surface area contributed by atoms with Crippen LogP contribution in [0.3, 0.4) is 0 Å². The maximum Gasteiger partial charge on any atom is 0.341 e. The molecule has 1 heterocycles. The molecule has 10 nitrogen and oxygen atoms in total. The van der Waals surface area contributed by atoms with Gasteiger partial charge < -0.3 is 18.9 Å². The fourth-order valence-corrected chi connectivity index (χ4v) is 4.22. The van der Waals surface area contributed by atoms with Crippen LogP contribution in [0.5, 0.6) is 11.5 Å². The molecule has 0 N–H and O–H groups in total. The molecular formula is C32H33NO9. The molecule has 1 unspecified atom stereocenters. The van der Waals surface area contributed by atoms with Gasteiger partial charge >= 0.3 is 23.9 Å². The van der Waals surface area contributed by atoms with Crippen molar-refractivity contribution < 1.29 is 42.9 Å². The fourth-order valence-electron chi connectivity index (χ4n) is 4.22. The minimum absolute atomic E-state index is 0.0419. The largest absolute Gasteiger partial charge is 0.462 e. The van der Waals surface area contributed by atoms with E-state index in [0.29, 0.717) is 36.8 Å². The Balaban J connectivity index is 1.58. The number of aromatic nitrogens is 1. The quantitative estimate of drug-likeness (QED) is 0.132. The number of carbonyl (C=O) groups excluding carboxylic acids is 5. The van der Waals surface area contributed by atoms with Crippen molar-refractivity contribution in [2.75, 3.05) is 13.2 Å². The molecule has 220 valence electrons. The minimum Gasteiger partial charge on any atom is -0.462 e. The summed E-state index contributed by atoms with van der Waals surface area (Å²) in [4.78, 5) is 64.6. The molecule has 10 heteroatoms. The van der Waals surface area contributed by atoms with Crippen molar-refractivity contribution in [3.63, 3.8) is 0 Å². The average molecular weight is 576 g/mol. The zero-order chi connectivity index (χ0) is 30.3. The molecule has 2 aromatic carbocycles. The number of hydrogen-bond donors (Lipinski definition) is 0. The SMILES string of the molecule is CC(=O)Oc1ccccc1C(=O)CCCC(CCOC(=O)c1cccnc1)CCOC(=O)c1ccccc1OC(C)=O. The number of Topliss-reactive ketones (excluding diaryl/α,β-unsaturated/α-hetero) is 1. The van der Waals surface area contributed by atoms with Gasteiger partial charge in [0.1, 0.15) is 17.1 Å². The molecular weight excluding hydrogens is 542 g/mol. The van der Waals surface area contributed by atoms with Crippen LogP contribution in [-0.2, 0) is 19.1 Å². The molecule has 0 aliphatic heterocycles. The van der Waals surface area contributed by atoms with E-state index in [4.69, 9.17) is 18.9 Å². The van der Waals surface area contributed by atoms with Crippen molar-refractivity contribution >= 4 is 29.7 Å². The van der Waals surface area contributed by atoms with Crippen LogP contribution < -0.4 is 9.47 Å². The van der Waals surface area contributed by atoms with Crippen molar-refractivity contribution in [1.29, 1.82) is 0 Å². The van der Waals surface area contributed by atoms with Gasteiger partial charge in [0, 0.05) is 32.7 Å². The van der Waals surface area contributed by atoms with E-state index in [0.717, 1.165) is 0 Å². The normalized spacial score (nSPS) is 11.2. The van der Waals surface area contributed by atoms with Gasteiger partial charge in [0.15, 0.2) is 5.78 Å². The number of nitrogens with zero attached hydrogens (tertiary/aromatic N) is 1. The number of ether oxygens (including phenoxy) is 4. The lowest BCUT2D eigenvalue weighted by Crippen LogP contribution is -2.15. The Morgan fingerprint density at radius 1 is 0.690 bits per heavy atom. The number of para-hydroxylation sites is 2. The van der Waals surface area contributed by atoms with Gasteiger partial charge in [-0.1, -0.05) is 24.3 Å². The van der Waals surface area contributed by atoms with Crippen LogP contribution in [0.2, 0.25) is 0 Å². The van der Waals surface area contributed by atoms with Crippen LogP contribution in [0, 0.1) is 5.92 Å². The summed E-state index contributed by atoms with van der Waals surface area (Å²) in [5, 5.41) is 0. The zero-order valence-electron chi connectivity index (χ0n) is 23.6. The second-order valence-electron chi connectivity index (χ2n) is 9.45. The van der Waals surface area contributed by atoms with Crippen molar-refractivity contribution in [2.24, 2.45) is 5.92 Å². The van der Waals surface area contributed by atoms with Gasteiger partial charge in [-0.2, -0.15) is 0 Å². The number of carbonyl (C=O) groups is 5. The highest BCUT2D eigenvalue weighted by Crippen LogP contribution is 2.24. The van der Waals surface area contributed by atoms with Crippen molar-refractivity contribution in [1.82, 2.24) is 4.98 Å². The van der Waals surface area contributed by atoms with Crippen LogP contribution in [0.25, 0.3) is 0 Å². The summed E-state index contributed by atoms with van der Waals surface area (Å²) in [5.74, 6) is -2.07. The van der Waals surface area contributed by atoms with Crippen LogP contribution in [0.4, 0.5) is 0 Å². The molecule has 1 aromatic heterocycles. The summed E-state index contributed by atoms with van der Waals surface area (Å²) < 4.78 is 21.1. The van der Waals surface area contributed by atoms with Crippen LogP contribution in [0.15, 0.2) is 73.1 Å². The first-order valence-electron chi connectivity index (χ1n) is 13.6. The van der Waals surface area contributed by atoms with E-state index in [-0.39, 0.29) is 48.4 Å². The average Bonchev–Trinajstić information content (AvgIpc) is 2.97. The number of hydrogen-bond acceptors (Lipinski definition) is 10. The lowest BCUT2D eigenvalue weighted by Gasteiger charge is -2.17. The number of benzene rings is 2. The van der Waals surface area contributed by atoms with Gasteiger partial charge in [0.05, 0.1) is 24.3 Å². The molecule has 3 rings (SSSR count). The Kier molecular flexibility index (Phi) is 12.4. The van der Waals surface area contributed by atoms with Crippen LogP contribution in [0.1, 0.15) is 77.0 Å². The first-order chi connectivity index (χ1) is 20.2. The Morgan fingerprint density at radius 2 is 1.26 bits per heavy atom. The third kappa shape index (κ3) is 10.3. The molecule has 0 spiro atoms. The number of rotatable bonds is 15. The third-order valence-electron chi connectivity index (χ3n) is 6.23. The highest BCUT2D eigenvalue weighted by atomic mass is 16.6. The summed E-state index contributed by atoms with van der Waals surface area (Å²) in [6, 6.07) is 16.1. The van der Waals surface area contributed by atoms with E-state index in [1.807, 2.05) is 0 Å². The Hall–Kier alpha value is -4.86. The van der Waals surface area contributed by atoms with Crippen LogP contribution >= 0.6 is 0 Å². The van der Waals surface area contributed by atoms with Gasteiger partial charge in [-0.3, -0.25) is 19.4 Å². The molecule has 0 radical (unpaired) electrons. The highest BCUT2D eigenvalue weighted by molar-refractivity contribution is 5.99. The molecule has 0 fully saturated rings. The Bertz CT molecular complexity index is 1310. The second kappa shape index (κ2) is 16.4. The monoisotopic (exact) mass is 575 g/mol. The minimum atomic E-state index is -0.633. The summed E-state index contributed by atoms with van der Waals surface area (Å²) >= 11 is 0. The van der Waals surface area contributed by atoms with E-state index >= 15 is 0 Å². The van der Waals surface area contributed by atoms with E-state index < -0.39 is 23.9 Å². The van der Waals surface area contributed by atoms with E-state index in [1.54, 1.807) is 54.7 Å². The lowest BCUT2D eigenvalue weighted by atomic mass is 9.94. The van der Waals surface area contributed by atoms with E-state index in [2.05, 4.69) is 4.98 Å². The van der Waals surface area contributed by atoms with Gasteiger partial charge in [0.2, 0.25) is 0 Å². The Morgan fingerprint density at radius 3 is 1.86 bits per heavy atom. The lowest BCUT2D eigenvalue weighted by molar-refractivity contribution is -0.132. The second-order valence-corrected chi connectivity index (χ2v) is 9.45. The maximum atomic E-state index is 12.9. The van der Waals surface area contributed by atoms with Gasteiger partial charge in [0.25, 0.3) is 0 Å². The first kappa shape index (κ1) is 31.7. The van der Waals surface area contributed by atoms with Gasteiger partial charge in [-0.25, -0.2) is 9.59 Å². The molecule has 0 amide bonds. The molecule has 42 heavy (non-hydrogen) atoms. The molecule has 0 aliphatic rings. The number of esters is 4. The first-order valence-corrected chi connectivity index (χ1v) is 13.6. The van der Waals surface area contributed by atoms with Crippen molar-refractivity contribution in [3.8, 4) is 11.5 Å². The summed E-state index contributed by atoms with van der Waals surface area (Å²) in [6.07, 6.45) is 5.22. The summed E-state index contributed by atoms with van der Waals surface area (Å²) in [6.45, 7) is 2.71. The molecule has 0 saturated carbocycles. The van der Waals surface area contributed by atoms with E-state index in [1.165, 1.54) is 32.2 Å². The number of ketones is 1. The van der Waals surface area contributed by atoms with Crippen molar-refractivity contribution in [3.05, 3.63) is 89.7 Å². The van der Waals surface area contributed by atoms with Gasteiger partial charge in [-0.15, -0.1) is 0 Å². The van der Waals surface area contributed by atoms with Gasteiger partial charge in [-0.05, 0) is 68.0 Å². The molecule has 3 aromatic rings. The Labute approximate surface area is 244 Å². The molecule has 0 saturated heterocycles. The van der Waals surface area contributed by atoms with Crippen LogP contribution in [-0.4, -0.2) is 47.9 Å². The summed E-state index contributed by atoms with van der Waals surface area (Å²) in [5.41, 5.74) is 0.799. The summed E-state index contributed by atoms with van der Waals surface area (Å²) in [7, 11) is 0. The topological polar surface area (TPSA) is 135 Å². The predicted molar refractivity (Wildman–Crippen MR) is 151 cm³/mol. The van der Waals surface area contributed by atoms with E-state index in [9.17, 15) is 24.0 Å². The standard InChI is InChI=1S/C32H33NO9/c1-22(34)41-29-14-5-3-11-26(29)28(36)13-7-9-24(16-19-39-31(37)25-10-8-18-33-21-25)17-20-40-32(38)27-12-4-6-15-30(27)42-23(2)35/h3-6,8,10-12,14-15,18,21,24H,7,9,13,16-17,19-20H2,1-2H3. The third-order valence-corrected chi connectivity index (χ3v) is 6.23. The maximum absolute atomic E-state index is 12.9. The molecule has 0 aliphatic carbocycles. The molecule has 0 bridgehead atoms. The highest BCUT2D eigenvalue weighted by Gasteiger charge is 2.19. The fraction of sp³-hybridized carbons (Fsp3) is 0.312. The number of pyridine rings is 1. The van der Waals surface area contributed by atoms with Crippen molar-refractivity contribution in [2.45, 2.75) is 46.0 Å². The smallest absolute Gasteiger partial charge is 0.341 e. The molecule has 1 atom stereocenters.